The monoisotopic (exact) mass is 311 g/mol. The first-order valence-corrected chi connectivity index (χ1v) is 7.46. The lowest BCUT2D eigenvalue weighted by Crippen LogP contribution is -2.10. The molecular weight excluding hydrogens is 290 g/mol. The summed E-state index contributed by atoms with van der Waals surface area (Å²) in [6.45, 7) is 0. The van der Waals surface area contributed by atoms with E-state index in [1.165, 1.54) is 0 Å². The highest BCUT2D eigenvalue weighted by Gasteiger charge is 2.01. The summed E-state index contributed by atoms with van der Waals surface area (Å²) in [6, 6.07) is 15.1. The number of methoxy groups -OCH3 is 2. The largest absolute Gasteiger partial charge is 0.497 e. The average molecular weight is 311 g/mol. The summed E-state index contributed by atoms with van der Waals surface area (Å²) in [4.78, 5) is 11.9. The minimum Gasteiger partial charge on any atom is -0.497 e. The third-order valence-electron chi connectivity index (χ3n) is 3.34. The fraction of sp³-hybridized carbons (Fsp3) is 0.211. The number of rotatable bonds is 7. The summed E-state index contributed by atoms with van der Waals surface area (Å²) >= 11 is 0. The van der Waals surface area contributed by atoms with Crippen LogP contribution in [-0.2, 0) is 4.79 Å². The maximum absolute atomic E-state index is 11.9. The van der Waals surface area contributed by atoms with Crippen molar-refractivity contribution >= 4 is 17.7 Å². The van der Waals surface area contributed by atoms with Crippen LogP contribution in [0.25, 0.3) is 6.08 Å². The molecule has 0 atom stereocenters. The molecule has 1 amide bonds. The Kier molecular flexibility index (Phi) is 6.24. The summed E-state index contributed by atoms with van der Waals surface area (Å²) in [5.74, 6) is 1.60. The van der Waals surface area contributed by atoms with Crippen LogP contribution in [0.4, 0.5) is 5.69 Å². The molecule has 0 fully saturated rings. The van der Waals surface area contributed by atoms with Crippen molar-refractivity contribution in [2.24, 2.45) is 0 Å². The van der Waals surface area contributed by atoms with Gasteiger partial charge in [0.1, 0.15) is 11.5 Å². The van der Waals surface area contributed by atoms with E-state index in [0.29, 0.717) is 12.8 Å². The zero-order valence-corrected chi connectivity index (χ0v) is 13.4. The number of carbonyl (C=O) groups is 1. The second-order valence-corrected chi connectivity index (χ2v) is 4.99. The van der Waals surface area contributed by atoms with Gasteiger partial charge >= 0.3 is 0 Å². The van der Waals surface area contributed by atoms with Crippen molar-refractivity contribution in [3.8, 4) is 11.5 Å². The van der Waals surface area contributed by atoms with Crippen LogP contribution in [0.2, 0.25) is 0 Å². The SMILES string of the molecule is COc1ccc(/C=C/CCC(=O)Nc2ccc(OC)cc2)cc1. The smallest absolute Gasteiger partial charge is 0.224 e. The Morgan fingerprint density at radius 3 is 2.09 bits per heavy atom. The summed E-state index contributed by atoms with van der Waals surface area (Å²) in [6.07, 6.45) is 5.13. The molecule has 0 bridgehead atoms. The lowest BCUT2D eigenvalue weighted by Gasteiger charge is -2.05. The van der Waals surface area contributed by atoms with Gasteiger partial charge in [0, 0.05) is 12.1 Å². The van der Waals surface area contributed by atoms with Crippen LogP contribution < -0.4 is 14.8 Å². The van der Waals surface area contributed by atoms with E-state index in [1.807, 2.05) is 60.7 Å². The fourth-order valence-electron chi connectivity index (χ4n) is 2.05. The van der Waals surface area contributed by atoms with Crippen molar-refractivity contribution in [3.63, 3.8) is 0 Å². The number of benzene rings is 2. The van der Waals surface area contributed by atoms with Gasteiger partial charge in [0.15, 0.2) is 0 Å². The minimum atomic E-state index is -0.00505. The van der Waals surface area contributed by atoms with Gasteiger partial charge in [-0.3, -0.25) is 4.79 Å². The minimum absolute atomic E-state index is 0.00505. The van der Waals surface area contributed by atoms with Crippen molar-refractivity contribution in [2.45, 2.75) is 12.8 Å². The van der Waals surface area contributed by atoms with Crippen molar-refractivity contribution in [2.75, 3.05) is 19.5 Å². The lowest BCUT2D eigenvalue weighted by atomic mass is 10.1. The second kappa shape index (κ2) is 8.63. The number of ether oxygens (including phenoxy) is 2. The first kappa shape index (κ1) is 16.6. The van der Waals surface area contributed by atoms with E-state index >= 15 is 0 Å². The predicted molar refractivity (Wildman–Crippen MR) is 92.9 cm³/mol. The molecule has 0 aliphatic carbocycles. The molecule has 1 N–H and O–H groups in total. The Hall–Kier alpha value is -2.75. The van der Waals surface area contributed by atoms with Gasteiger partial charge in [-0.15, -0.1) is 0 Å². The van der Waals surface area contributed by atoms with E-state index in [9.17, 15) is 4.79 Å². The third-order valence-corrected chi connectivity index (χ3v) is 3.34. The van der Waals surface area contributed by atoms with Gasteiger partial charge in [-0.1, -0.05) is 24.3 Å². The van der Waals surface area contributed by atoms with E-state index in [2.05, 4.69) is 5.32 Å². The van der Waals surface area contributed by atoms with Gasteiger partial charge < -0.3 is 14.8 Å². The topological polar surface area (TPSA) is 47.6 Å². The standard InChI is InChI=1S/C19H21NO3/c1-22-17-11-7-15(8-12-17)5-3-4-6-19(21)20-16-9-13-18(23-2)14-10-16/h3,5,7-14H,4,6H2,1-2H3,(H,20,21)/b5-3+. The normalized spacial score (nSPS) is 10.5. The Balaban J connectivity index is 1.75. The Morgan fingerprint density at radius 1 is 0.957 bits per heavy atom. The Labute approximate surface area is 136 Å². The average Bonchev–Trinajstić information content (AvgIpc) is 2.60. The molecule has 0 aromatic heterocycles. The highest BCUT2D eigenvalue weighted by atomic mass is 16.5. The van der Waals surface area contributed by atoms with Gasteiger partial charge in [0.25, 0.3) is 0 Å². The zero-order chi connectivity index (χ0) is 16.5. The van der Waals surface area contributed by atoms with Crippen LogP contribution >= 0.6 is 0 Å². The molecule has 0 spiro atoms. The fourth-order valence-corrected chi connectivity index (χ4v) is 2.05. The number of allylic oxidation sites excluding steroid dienone is 1. The van der Waals surface area contributed by atoms with E-state index in [-0.39, 0.29) is 5.91 Å². The van der Waals surface area contributed by atoms with Crippen LogP contribution in [0.5, 0.6) is 11.5 Å². The number of amides is 1. The zero-order valence-electron chi connectivity index (χ0n) is 13.4. The quantitative estimate of drug-likeness (QED) is 0.836. The summed E-state index contributed by atoms with van der Waals surface area (Å²) in [7, 11) is 3.26. The maximum Gasteiger partial charge on any atom is 0.224 e. The van der Waals surface area contributed by atoms with Crippen molar-refractivity contribution < 1.29 is 14.3 Å². The molecule has 4 heteroatoms. The van der Waals surface area contributed by atoms with E-state index < -0.39 is 0 Å². The molecule has 120 valence electrons. The first-order chi connectivity index (χ1) is 11.2. The molecule has 0 unspecified atom stereocenters. The molecule has 0 saturated carbocycles. The summed E-state index contributed by atoms with van der Waals surface area (Å²) in [5.41, 5.74) is 1.86. The Bertz CT molecular complexity index is 645. The highest BCUT2D eigenvalue weighted by Crippen LogP contribution is 2.15. The molecule has 2 aromatic carbocycles. The van der Waals surface area contributed by atoms with Crippen LogP contribution in [0.15, 0.2) is 54.6 Å². The lowest BCUT2D eigenvalue weighted by molar-refractivity contribution is -0.116. The van der Waals surface area contributed by atoms with Gasteiger partial charge in [0.2, 0.25) is 5.91 Å². The van der Waals surface area contributed by atoms with E-state index in [4.69, 9.17) is 9.47 Å². The molecule has 0 aliphatic rings. The van der Waals surface area contributed by atoms with Gasteiger partial charge in [-0.2, -0.15) is 0 Å². The van der Waals surface area contributed by atoms with Gasteiger partial charge in [-0.25, -0.2) is 0 Å². The summed E-state index contributed by atoms with van der Waals surface area (Å²) in [5, 5.41) is 2.86. The first-order valence-electron chi connectivity index (χ1n) is 7.46. The number of hydrogen-bond donors (Lipinski definition) is 1. The molecular formula is C19H21NO3. The molecule has 2 rings (SSSR count). The van der Waals surface area contributed by atoms with Crippen LogP contribution in [0, 0.1) is 0 Å². The Morgan fingerprint density at radius 2 is 1.52 bits per heavy atom. The molecule has 0 aliphatic heterocycles. The number of anilines is 1. The van der Waals surface area contributed by atoms with Crippen LogP contribution in [0.3, 0.4) is 0 Å². The van der Waals surface area contributed by atoms with E-state index in [0.717, 1.165) is 22.7 Å². The van der Waals surface area contributed by atoms with Crippen LogP contribution in [0.1, 0.15) is 18.4 Å². The maximum atomic E-state index is 11.9. The van der Waals surface area contributed by atoms with Crippen molar-refractivity contribution in [1.29, 1.82) is 0 Å². The number of carbonyl (C=O) groups excluding carboxylic acids is 1. The van der Waals surface area contributed by atoms with Crippen LogP contribution in [-0.4, -0.2) is 20.1 Å². The third kappa shape index (κ3) is 5.51. The number of nitrogens with one attached hydrogen (secondary N) is 1. The highest BCUT2D eigenvalue weighted by molar-refractivity contribution is 5.90. The second-order valence-electron chi connectivity index (χ2n) is 4.99. The van der Waals surface area contributed by atoms with Gasteiger partial charge in [0.05, 0.1) is 14.2 Å². The number of hydrogen-bond acceptors (Lipinski definition) is 3. The van der Waals surface area contributed by atoms with E-state index in [1.54, 1.807) is 14.2 Å². The molecule has 4 nitrogen and oxygen atoms in total. The molecule has 2 aromatic rings. The van der Waals surface area contributed by atoms with Gasteiger partial charge in [-0.05, 0) is 48.4 Å². The predicted octanol–water partition coefficient (Wildman–Crippen LogP) is 4.14. The van der Waals surface area contributed by atoms with Crippen molar-refractivity contribution in [3.05, 3.63) is 60.2 Å². The molecule has 0 saturated heterocycles. The molecule has 0 radical (unpaired) electrons. The molecule has 23 heavy (non-hydrogen) atoms. The summed E-state index contributed by atoms with van der Waals surface area (Å²) < 4.78 is 10.2. The van der Waals surface area contributed by atoms with Crippen molar-refractivity contribution in [1.82, 2.24) is 0 Å². The molecule has 0 heterocycles.